The van der Waals surface area contributed by atoms with Crippen LogP contribution < -0.4 is 25.4 Å². The number of hydrogen-bond donors (Lipinski definition) is 4. The van der Waals surface area contributed by atoms with Gasteiger partial charge in [-0.25, -0.2) is 23.5 Å². The number of fused-ring (bicyclic) bond motifs is 3. The fourth-order valence-electron chi connectivity index (χ4n) is 9.58. The minimum absolute atomic E-state index is 0.0442. The quantitative estimate of drug-likeness (QED) is 0.105. The number of rotatable bonds is 11. The Kier molecular flexibility index (Phi) is 14.2. The first-order chi connectivity index (χ1) is 31.2. The van der Waals surface area contributed by atoms with Crippen molar-refractivity contribution in [3.8, 4) is 22.9 Å². The zero-order valence-corrected chi connectivity index (χ0v) is 39.2. The Balaban J connectivity index is 1.14. The molecule has 2 aromatic heterocycles. The number of halogens is 3. The van der Waals surface area contributed by atoms with Crippen LogP contribution in [0.25, 0.3) is 22.3 Å². The van der Waals surface area contributed by atoms with Crippen LogP contribution in [-0.4, -0.2) is 86.9 Å². The molecule has 2 aliphatic carbocycles. The van der Waals surface area contributed by atoms with Crippen molar-refractivity contribution in [1.82, 2.24) is 25.5 Å². The summed E-state index contributed by atoms with van der Waals surface area (Å²) in [6.45, 7) is 3.92. The van der Waals surface area contributed by atoms with E-state index >= 15 is 0 Å². The second-order valence-electron chi connectivity index (χ2n) is 18.0. The highest BCUT2D eigenvalue weighted by molar-refractivity contribution is 7.59. The number of aromatic nitrogens is 2. The average molecular weight is 957 g/mol. The first kappa shape index (κ1) is 46.9. The molecule has 6 atom stereocenters. The standard InChI is InChI=1S/C46H56ClF2N6O8PS/c1-26(2)50-44-52-36(25-65-44)35-21-39(30-18-19-38(61-3)40(47)41(30)51-35)62-29-20-37-42(56)54-46(64(59,60)24-31-32(48)15-11-16-33(31)49)22-27(46)12-7-5-4-6-8-17-34(43(57)55(37)23-29)53-45(58)63-28-13-9-10-14-28/h11,15-16,18-19,21,25-29,34,37H,4-10,12-14,17,20,22-24H2,1-3H3,(H,50,52)(H,53,58)(H,54,56)(H,59,60)/t27-,29?,34?,37+,46+/m1/s1. The zero-order chi connectivity index (χ0) is 46.0. The summed E-state index contributed by atoms with van der Waals surface area (Å²) in [6.07, 6.45) is 5.33. The molecule has 4 fully saturated rings. The predicted molar refractivity (Wildman–Crippen MR) is 245 cm³/mol. The van der Waals surface area contributed by atoms with Gasteiger partial charge in [0.2, 0.25) is 19.2 Å². The second kappa shape index (κ2) is 19.7. The van der Waals surface area contributed by atoms with Gasteiger partial charge in [0.1, 0.15) is 63.4 Å². The zero-order valence-electron chi connectivity index (χ0n) is 36.7. The van der Waals surface area contributed by atoms with E-state index in [0.29, 0.717) is 64.6 Å². The number of ether oxygens (including phenoxy) is 3. The van der Waals surface area contributed by atoms with E-state index in [-0.39, 0.29) is 36.6 Å². The van der Waals surface area contributed by atoms with E-state index in [9.17, 15) is 32.6 Å². The minimum Gasteiger partial charge on any atom is -0.495 e. The predicted octanol–water partition coefficient (Wildman–Crippen LogP) is 9.55. The molecule has 2 saturated carbocycles. The summed E-state index contributed by atoms with van der Waals surface area (Å²) in [4.78, 5) is 65.9. The third-order valence-electron chi connectivity index (χ3n) is 13.1. The van der Waals surface area contributed by atoms with Crippen LogP contribution in [0.3, 0.4) is 0 Å². The molecule has 65 heavy (non-hydrogen) atoms. The number of amides is 3. The normalized spacial score (nSPS) is 25.2. The Bertz CT molecular complexity index is 2450. The van der Waals surface area contributed by atoms with Gasteiger partial charge in [-0.15, -0.1) is 11.3 Å². The number of nitrogens with zero attached hydrogens (tertiary/aromatic N) is 3. The molecule has 14 nitrogen and oxygen atoms in total. The van der Waals surface area contributed by atoms with Gasteiger partial charge in [0, 0.05) is 34.9 Å². The van der Waals surface area contributed by atoms with Gasteiger partial charge in [0.05, 0.1) is 31.0 Å². The number of anilines is 1. The number of carbonyl (C=O) groups excluding carboxylic acids is 3. The van der Waals surface area contributed by atoms with Gasteiger partial charge in [-0.3, -0.25) is 14.2 Å². The van der Waals surface area contributed by atoms with Gasteiger partial charge in [-0.2, -0.15) is 0 Å². The SMILES string of the molecule is COc1ccc2c(OC3C[C@H]4C(=O)N[C@]5(P(=O)(O)Cc6c(F)cccc6F)C[C@H]5CCCCCCCC(NC(=O)OC5CCCC5)C(=O)N4C3)cc(-c3csc(NC(C)C)n3)nc2c1Cl. The highest BCUT2D eigenvalue weighted by atomic mass is 35.5. The third kappa shape index (κ3) is 10.2. The number of thiazole rings is 1. The van der Waals surface area contributed by atoms with Crippen molar-refractivity contribution in [2.75, 3.05) is 19.0 Å². The van der Waals surface area contributed by atoms with Crippen LogP contribution in [0.2, 0.25) is 5.02 Å². The van der Waals surface area contributed by atoms with E-state index in [4.69, 9.17) is 35.8 Å². The Morgan fingerprint density at radius 2 is 1.71 bits per heavy atom. The molecule has 4 aromatic rings. The third-order valence-corrected chi connectivity index (χ3v) is 16.9. The molecule has 4 heterocycles. The maximum absolute atomic E-state index is 15.0. The van der Waals surface area contributed by atoms with E-state index in [0.717, 1.165) is 57.1 Å². The van der Waals surface area contributed by atoms with Crippen LogP contribution in [0.15, 0.2) is 41.8 Å². The largest absolute Gasteiger partial charge is 0.495 e. The molecule has 4 aliphatic rings. The number of benzene rings is 2. The number of methoxy groups -OCH3 is 1. The summed E-state index contributed by atoms with van der Waals surface area (Å²) >= 11 is 8.28. The molecule has 0 spiro atoms. The van der Waals surface area contributed by atoms with Crippen molar-refractivity contribution in [1.29, 1.82) is 0 Å². The van der Waals surface area contributed by atoms with Crippen LogP contribution in [0.1, 0.15) is 103 Å². The highest BCUT2D eigenvalue weighted by Crippen LogP contribution is 2.71. The molecule has 2 saturated heterocycles. The van der Waals surface area contributed by atoms with E-state index < -0.39 is 78.0 Å². The second-order valence-corrected chi connectivity index (χ2v) is 21.8. The Morgan fingerprint density at radius 1 is 1.00 bits per heavy atom. The maximum atomic E-state index is 15.0. The Hall–Kier alpha value is -4.57. The molecule has 2 aromatic carbocycles. The van der Waals surface area contributed by atoms with E-state index in [1.807, 2.05) is 19.2 Å². The average Bonchev–Trinajstić information content (AvgIpc) is 3.68. The number of pyridine rings is 1. The van der Waals surface area contributed by atoms with Crippen molar-refractivity contribution in [2.24, 2.45) is 5.92 Å². The maximum Gasteiger partial charge on any atom is 0.408 e. The monoisotopic (exact) mass is 956 g/mol. The van der Waals surface area contributed by atoms with Gasteiger partial charge >= 0.3 is 6.09 Å². The van der Waals surface area contributed by atoms with Crippen molar-refractivity contribution >= 4 is 64.2 Å². The van der Waals surface area contributed by atoms with E-state index in [2.05, 4.69) is 16.0 Å². The van der Waals surface area contributed by atoms with Crippen molar-refractivity contribution in [2.45, 2.75) is 139 Å². The summed E-state index contributed by atoms with van der Waals surface area (Å²) < 4.78 is 62.5. The van der Waals surface area contributed by atoms with Gasteiger partial charge in [-0.1, -0.05) is 49.8 Å². The molecule has 3 amide bonds. The van der Waals surface area contributed by atoms with Crippen LogP contribution in [0.4, 0.5) is 18.7 Å². The minimum atomic E-state index is -4.56. The van der Waals surface area contributed by atoms with Gasteiger partial charge in [-0.05, 0) is 89.0 Å². The number of alkyl carbamates (subject to hydrolysis) is 1. The van der Waals surface area contributed by atoms with Gasteiger partial charge in [0.25, 0.3) is 0 Å². The van der Waals surface area contributed by atoms with Crippen LogP contribution in [0.5, 0.6) is 11.5 Å². The molecular weight excluding hydrogens is 901 g/mol. The summed E-state index contributed by atoms with van der Waals surface area (Å²) in [5, 5.41) is 10.7. The lowest BCUT2D eigenvalue weighted by Crippen LogP contribution is -2.55. The van der Waals surface area contributed by atoms with Crippen LogP contribution in [0, 0.1) is 17.6 Å². The molecule has 19 heteroatoms. The number of hydrogen-bond acceptors (Lipinski definition) is 11. The molecule has 4 N–H and O–H groups in total. The lowest BCUT2D eigenvalue weighted by Gasteiger charge is -2.31. The van der Waals surface area contributed by atoms with E-state index in [1.54, 1.807) is 18.2 Å². The molecular formula is C46H56ClF2N6O8PS. The molecule has 350 valence electrons. The molecule has 8 rings (SSSR count). The summed E-state index contributed by atoms with van der Waals surface area (Å²) in [5.74, 6) is -2.85. The Morgan fingerprint density at radius 3 is 2.43 bits per heavy atom. The van der Waals surface area contributed by atoms with Crippen molar-refractivity contribution in [3.63, 3.8) is 0 Å². The van der Waals surface area contributed by atoms with Gasteiger partial charge < -0.3 is 40.0 Å². The number of carbonyl (C=O) groups is 3. The molecule has 3 unspecified atom stereocenters. The summed E-state index contributed by atoms with van der Waals surface area (Å²) in [7, 11) is -3.06. The lowest BCUT2D eigenvalue weighted by atomic mass is 10.0. The first-order valence-corrected chi connectivity index (χ1v) is 25.7. The van der Waals surface area contributed by atoms with Crippen molar-refractivity contribution < 1.29 is 46.8 Å². The Labute approximate surface area is 386 Å². The summed E-state index contributed by atoms with van der Waals surface area (Å²) in [5.41, 5.74) is 0.862. The van der Waals surface area contributed by atoms with Gasteiger partial charge in [0.15, 0.2) is 5.13 Å². The first-order valence-electron chi connectivity index (χ1n) is 22.6. The van der Waals surface area contributed by atoms with Crippen LogP contribution in [-0.2, 0) is 25.1 Å². The topological polar surface area (TPSA) is 181 Å². The van der Waals surface area contributed by atoms with Crippen molar-refractivity contribution in [3.05, 3.63) is 64.0 Å². The highest BCUT2D eigenvalue weighted by Gasteiger charge is 2.66. The fraction of sp³-hybridized carbons (Fsp3) is 0.543. The number of nitrogens with one attached hydrogen (secondary N) is 3. The molecule has 0 radical (unpaired) electrons. The molecule has 2 aliphatic heterocycles. The summed E-state index contributed by atoms with van der Waals surface area (Å²) in [6, 6.07) is 6.29. The lowest BCUT2D eigenvalue weighted by molar-refractivity contribution is -0.140. The smallest absolute Gasteiger partial charge is 0.408 e. The fourth-order valence-corrected chi connectivity index (χ4v) is 13.2. The van der Waals surface area contributed by atoms with Crippen LogP contribution >= 0.6 is 30.3 Å². The molecule has 0 bridgehead atoms. The van der Waals surface area contributed by atoms with E-state index in [1.165, 1.54) is 29.4 Å².